The normalized spacial score (nSPS) is 30.8. The van der Waals surface area contributed by atoms with Gasteiger partial charge in [0.25, 0.3) is 0 Å². The van der Waals surface area contributed by atoms with Crippen LogP contribution >= 0.6 is 7.82 Å². The van der Waals surface area contributed by atoms with E-state index >= 15 is 0 Å². The van der Waals surface area contributed by atoms with Crippen LogP contribution in [0.1, 0.15) is 20.1 Å². The second-order valence-electron chi connectivity index (χ2n) is 6.50. The Morgan fingerprint density at radius 3 is 2.77 bits per heavy atom. The second-order valence-corrected chi connectivity index (χ2v) is 7.74. The van der Waals surface area contributed by atoms with Gasteiger partial charge in [-0.15, -0.1) is 0 Å². The Morgan fingerprint density at radius 2 is 2.04 bits per heavy atom. The number of imidazole rings is 1. The van der Waals surface area contributed by atoms with Gasteiger partial charge in [0.1, 0.15) is 30.2 Å². The highest BCUT2D eigenvalue weighted by molar-refractivity contribution is 7.46. The van der Waals surface area contributed by atoms with E-state index in [9.17, 15) is 4.57 Å². The van der Waals surface area contributed by atoms with Gasteiger partial charge in [0, 0.05) is 0 Å². The number of nitrogens with two attached hydrogens (primary N) is 1. The monoisotopic (exact) mass is 387 g/mol. The van der Waals surface area contributed by atoms with Gasteiger partial charge in [0.2, 0.25) is 0 Å². The van der Waals surface area contributed by atoms with Crippen molar-refractivity contribution in [3.8, 4) is 0 Å². The summed E-state index contributed by atoms with van der Waals surface area (Å²) in [6.07, 6.45) is 0.231. The van der Waals surface area contributed by atoms with E-state index in [2.05, 4.69) is 19.5 Å². The zero-order chi connectivity index (χ0) is 18.7. The van der Waals surface area contributed by atoms with E-state index < -0.39 is 38.1 Å². The number of nitrogen functional groups attached to an aromatic ring is 1. The number of anilines is 1. The molecule has 2 aromatic heterocycles. The zero-order valence-corrected chi connectivity index (χ0v) is 14.8. The molecule has 0 amide bonds. The summed E-state index contributed by atoms with van der Waals surface area (Å²) in [5.74, 6) is -0.657. The van der Waals surface area contributed by atoms with Gasteiger partial charge in [-0.1, -0.05) is 0 Å². The smallest absolute Gasteiger partial charge is 0.382 e. The summed E-state index contributed by atoms with van der Waals surface area (Å²) in [5.41, 5.74) is 6.68. The van der Waals surface area contributed by atoms with Crippen molar-refractivity contribution in [3.05, 3.63) is 12.7 Å². The highest BCUT2D eigenvalue weighted by Gasteiger charge is 2.56. The number of phosphoric acid groups is 1. The van der Waals surface area contributed by atoms with E-state index in [0.717, 1.165) is 0 Å². The first-order chi connectivity index (χ1) is 12.1. The lowest BCUT2D eigenvalue weighted by molar-refractivity contribution is -0.199. The van der Waals surface area contributed by atoms with Crippen molar-refractivity contribution < 1.29 is 33.1 Å². The molecule has 2 aromatic rings. The van der Waals surface area contributed by atoms with Crippen LogP contribution in [-0.2, 0) is 23.3 Å². The molecule has 2 aliphatic rings. The molecule has 0 bridgehead atoms. The highest BCUT2D eigenvalue weighted by atomic mass is 31.2. The van der Waals surface area contributed by atoms with Gasteiger partial charge in [-0.05, 0) is 13.8 Å². The first kappa shape index (κ1) is 17.7. The van der Waals surface area contributed by atoms with Crippen LogP contribution in [0.2, 0.25) is 0 Å². The van der Waals surface area contributed by atoms with Crippen molar-refractivity contribution in [2.24, 2.45) is 0 Å². The average molecular weight is 387 g/mol. The van der Waals surface area contributed by atoms with Crippen LogP contribution in [0, 0.1) is 0 Å². The molecule has 2 aliphatic heterocycles. The number of hydrogen-bond acceptors (Lipinski definition) is 9. The lowest BCUT2D eigenvalue weighted by Crippen LogP contribution is -2.32. The number of hydrogen-bond donors (Lipinski definition) is 3. The van der Waals surface area contributed by atoms with Crippen molar-refractivity contribution >= 4 is 24.8 Å². The van der Waals surface area contributed by atoms with E-state index in [1.165, 1.54) is 12.7 Å². The van der Waals surface area contributed by atoms with Gasteiger partial charge in [0.05, 0.1) is 12.9 Å². The summed E-state index contributed by atoms with van der Waals surface area (Å²) in [6, 6.07) is 0. The number of ether oxygens (including phenoxy) is 3. The van der Waals surface area contributed by atoms with Gasteiger partial charge >= 0.3 is 7.82 Å². The number of nitrogens with zero attached hydrogens (tertiary/aromatic N) is 4. The Bertz CT molecular complexity index is 883. The maximum absolute atomic E-state index is 11.0. The molecule has 0 spiro atoms. The van der Waals surface area contributed by atoms with Gasteiger partial charge < -0.3 is 29.7 Å². The van der Waals surface area contributed by atoms with Crippen LogP contribution in [-0.4, -0.2) is 60.0 Å². The Morgan fingerprint density at radius 1 is 1.31 bits per heavy atom. The maximum atomic E-state index is 11.0. The van der Waals surface area contributed by atoms with Gasteiger partial charge in [-0.2, -0.15) is 0 Å². The predicted octanol–water partition coefficient (Wildman–Crippen LogP) is -0.0647. The van der Waals surface area contributed by atoms with Crippen LogP contribution in [0.25, 0.3) is 11.2 Å². The van der Waals surface area contributed by atoms with Crippen LogP contribution in [0.4, 0.5) is 5.82 Å². The molecule has 4 N–H and O–H groups in total. The summed E-state index contributed by atoms with van der Waals surface area (Å²) in [7, 11) is -4.64. The van der Waals surface area contributed by atoms with Crippen molar-refractivity contribution in [2.45, 2.75) is 44.2 Å². The number of fused-ring (bicyclic) bond motifs is 2. The second kappa shape index (κ2) is 5.92. The van der Waals surface area contributed by atoms with E-state index in [0.29, 0.717) is 11.2 Å². The topological polar surface area (TPSA) is 164 Å². The molecular weight excluding hydrogens is 369 g/mol. The summed E-state index contributed by atoms with van der Waals surface area (Å²) in [5, 5.41) is 0. The quantitative estimate of drug-likeness (QED) is 0.602. The first-order valence-corrected chi connectivity index (χ1v) is 9.32. The van der Waals surface area contributed by atoms with Gasteiger partial charge in [-0.3, -0.25) is 9.09 Å². The Kier molecular flexibility index (Phi) is 4.04. The Hall–Kier alpha value is -1.66. The lowest BCUT2D eigenvalue weighted by atomic mass is 10.1. The standard InChI is InChI=1S/C13H18N5O7P/c1-13(2)24-8-6(3-22-26(19,20)21)23-12(9(8)25-13)18-5-17-7-10(14)15-4-16-11(7)18/h4-6,8-9,12H,3H2,1-2H3,(H2,14,15,16)(H2,19,20,21)/t6-,8-,9-,12-/m1/s1. The summed E-state index contributed by atoms with van der Waals surface area (Å²) in [4.78, 5) is 30.2. The van der Waals surface area contributed by atoms with E-state index in [1.807, 2.05) is 0 Å². The number of phosphoric ester groups is 1. The fourth-order valence-electron chi connectivity index (χ4n) is 3.24. The van der Waals surface area contributed by atoms with E-state index in [-0.39, 0.29) is 12.4 Å². The predicted molar refractivity (Wildman–Crippen MR) is 85.5 cm³/mol. The molecule has 12 nitrogen and oxygen atoms in total. The molecule has 4 rings (SSSR count). The summed E-state index contributed by atoms with van der Waals surface area (Å²) < 4.78 is 34.9. The summed E-state index contributed by atoms with van der Waals surface area (Å²) in [6.45, 7) is 3.13. The van der Waals surface area contributed by atoms with Crippen molar-refractivity contribution in [1.82, 2.24) is 19.5 Å². The minimum absolute atomic E-state index is 0.230. The van der Waals surface area contributed by atoms with Crippen molar-refractivity contribution in [3.63, 3.8) is 0 Å². The van der Waals surface area contributed by atoms with E-state index in [1.54, 1.807) is 18.4 Å². The third-order valence-corrected chi connectivity index (χ3v) is 4.68. The van der Waals surface area contributed by atoms with Gasteiger partial charge in [0.15, 0.2) is 23.5 Å². The first-order valence-electron chi connectivity index (χ1n) is 7.79. The number of rotatable bonds is 4. The molecule has 0 radical (unpaired) electrons. The Labute approximate surface area is 147 Å². The largest absolute Gasteiger partial charge is 0.469 e. The molecule has 0 aliphatic carbocycles. The zero-order valence-electron chi connectivity index (χ0n) is 13.9. The van der Waals surface area contributed by atoms with Gasteiger partial charge in [-0.25, -0.2) is 19.5 Å². The van der Waals surface area contributed by atoms with E-state index in [4.69, 9.17) is 29.7 Å². The number of aromatic nitrogens is 4. The minimum atomic E-state index is -4.64. The molecule has 0 unspecified atom stereocenters. The minimum Gasteiger partial charge on any atom is -0.382 e. The summed E-state index contributed by atoms with van der Waals surface area (Å²) >= 11 is 0. The molecule has 0 saturated carbocycles. The van der Waals surface area contributed by atoms with Crippen LogP contribution in [0.5, 0.6) is 0 Å². The van der Waals surface area contributed by atoms with Crippen LogP contribution < -0.4 is 5.73 Å². The molecule has 2 saturated heterocycles. The molecule has 2 fully saturated rings. The molecule has 142 valence electrons. The van der Waals surface area contributed by atoms with Crippen molar-refractivity contribution in [1.29, 1.82) is 0 Å². The third-order valence-electron chi connectivity index (χ3n) is 4.19. The fraction of sp³-hybridized carbons (Fsp3) is 0.615. The van der Waals surface area contributed by atoms with Crippen molar-refractivity contribution in [2.75, 3.05) is 12.3 Å². The maximum Gasteiger partial charge on any atom is 0.469 e. The molecule has 4 atom stereocenters. The SMILES string of the molecule is CC1(C)O[C@@H]2[C@H](O1)[C@@H](COP(=O)(O)O)O[C@H]2n1cnc2c(N)ncnc21. The fourth-order valence-corrected chi connectivity index (χ4v) is 3.59. The highest BCUT2D eigenvalue weighted by Crippen LogP contribution is 2.45. The molecular formula is C13H18N5O7P. The third kappa shape index (κ3) is 3.09. The molecule has 4 heterocycles. The Balaban J connectivity index is 1.67. The molecule has 0 aromatic carbocycles. The molecule has 26 heavy (non-hydrogen) atoms. The lowest BCUT2D eigenvalue weighted by Gasteiger charge is -2.24. The molecule has 13 heteroatoms. The van der Waals surface area contributed by atoms with Crippen LogP contribution in [0.15, 0.2) is 12.7 Å². The van der Waals surface area contributed by atoms with Crippen LogP contribution in [0.3, 0.4) is 0 Å². The average Bonchev–Trinajstić information content (AvgIpc) is 3.16.